The van der Waals surface area contributed by atoms with Crippen LogP contribution in [0.3, 0.4) is 0 Å². The third-order valence-electron chi connectivity index (χ3n) is 3.87. The predicted octanol–water partition coefficient (Wildman–Crippen LogP) is 1.61. The maximum atomic E-state index is 12.4. The molecule has 0 unspecified atom stereocenters. The van der Waals surface area contributed by atoms with Gasteiger partial charge in [0.15, 0.2) is 9.84 Å². The maximum Gasteiger partial charge on any atom is 0.253 e. The summed E-state index contributed by atoms with van der Waals surface area (Å²) in [6.45, 7) is 5.27. The molecule has 1 aliphatic rings. The zero-order chi connectivity index (χ0) is 17.7. The molecular formula is C17H25NO5S. The van der Waals surface area contributed by atoms with Crippen LogP contribution in [-0.4, -0.2) is 63.6 Å². The smallest absolute Gasteiger partial charge is 0.253 e. The molecule has 0 atom stereocenters. The lowest BCUT2D eigenvalue weighted by molar-refractivity contribution is 0.0658. The van der Waals surface area contributed by atoms with Crippen LogP contribution < -0.4 is 4.74 Å². The van der Waals surface area contributed by atoms with Crippen molar-refractivity contribution < 1.29 is 22.7 Å². The van der Waals surface area contributed by atoms with Gasteiger partial charge in [0.25, 0.3) is 5.91 Å². The Hall–Kier alpha value is -1.60. The highest BCUT2D eigenvalue weighted by molar-refractivity contribution is 7.92. The average Bonchev–Trinajstić information content (AvgIpc) is 2.44. The largest absolute Gasteiger partial charge is 0.491 e. The number of likely N-dealkylation sites (tertiary alicyclic amines) is 1. The number of amides is 1. The second-order valence-corrected chi connectivity index (χ2v) is 8.75. The number of methoxy groups -OCH3 is 1. The Morgan fingerprint density at radius 3 is 2.38 bits per heavy atom. The monoisotopic (exact) mass is 355 g/mol. The number of carbonyl (C=O) groups excluding carboxylic acids is 1. The highest BCUT2D eigenvalue weighted by atomic mass is 32.2. The zero-order valence-electron chi connectivity index (χ0n) is 14.4. The summed E-state index contributed by atoms with van der Waals surface area (Å²) in [6, 6.07) is 6.85. The average molecular weight is 355 g/mol. The summed E-state index contributed by atoms with van der Waals surface area (Å²) in [7, 11) is -1.51. The minimum atomic E-state index is -3.12. The molecule has 0 spiro atoms. The van der Waals surface area contributed by atoms with E-state index in [1.54, 1.807) is 36.3 Å². The zero-order valence-corrected chi connectivity index (χ0v) is 15.2. The van der Waals surface area contributed by atoms with Crippen LogP contribution in [0.4, 0.5) is 0 Å². The van der Waals surface area contributed by atoms with Gasteiger partial charge in [-0.05, 0) is 30.2 Å². The van der Waals surface area contributed by atoms with Crippen LogP contribution in [0.25, 0.3) is 0 Å². The van der Waals surface area contributed by atoms with Crippen molar-refractivity contribution in [2.24, 2.45) is 5.92 Å². The van der Waals surface area contributed by atoms with Crippen molar-refractivity contribution in [1.82, 2.24) is 4.90 Å². The van der Waals surface area contributed by atoms with Crippen LogP contribution in [0.5, 0.6) is 5.75 Å². The molecule has 0 saturated carbocycles. The molecule has 1 aromatic rings. The van der Waals surface area contributed by atoms with Gasteiger partial charge < -0.3 is 14.4 Å². The molecule has 1 heterocycles. The molecule has 6 nitrogen and oxygen atoms in total. The van der Waals surface area contributed by atoms with E-state index in [4.69, 9.17) is 9.47 Å². The molecule has 1 aliphatic heterocycles. The molecular weight excluding hydrogens is 330 g/mol. The van der Waals surface area contributed by atoms with Gasteiger partial charge in [0, 0.05) is 25.8 Å². The lowest BCUT2D eigenvalue weighted by Crippen LogP contribution is -2.57. The fourth-order valence-corrected chi connectivity index (χ4v) is 4.57. The summed E-state index contributed by atoms with van der Waals surface area (Å²) < 4.78 is 34.6. The predicted molar refractivity (Wildman–Crippen MR) is 92.1 cm³/mol. The molecule has 0 aromatic heterocycles. The van der Waals surface area contributed by atoms with Gasteiger partial charge in [-0.1, -0.05) is 13.8 Å². The number of hydrogen-bond acceptors (Lipinski definition) is 5. The number of benzene rings is 1. The summed E-state index contributed by atoms with van der Waals surface area (Å²) >= 11 is 0. The standard InChI is InChI=1S/C17H25NO5S/c1-13(2)12-24(20,21)16-10-18(11-16)17(19)14-4-6-15(7-5-14)23-9-8-22-3/h4-7,13,16H,8-12H2,1-3H3. The third-order valence-corrected chi connectivity index (χ3v) is 6.31. The van der Waals surface area contributed by atoms with Crippen molar-refractivity contribution in [3.8, 4) is 5.75 Å². The Labute approximate surface area is 143 Å². The molecule has 1 fully saturated rings. The van der Waals surface area contributed by atoms with E-state index in [1.165, 1.54) is 0 Å². The van der Waals surface area contributed by atoms with E-state index in [0.717, 1.165) is 0 Å². The van der Waals surface area contributed by atoms with E-state index in [-0.39, 0.29) is 30.7 Å². The molecule has 0 N–H and O–H groups in total. The van der Waals surface area contributed by atoms with E-state index < -0.39 is 15.1 Å². The number of sulfone groups is 1. The molecule has 7 heteroatoms. The number of hydrogen-bond donors (Lipinski definition) is 0. The molecule has 1 aromatic carbocycles. The first-order chi connectivity index (χ1) is 11.3. The highest BCUT2D eigenvalue weighted by Gasteiger charge is 2.39. The maximum absolute atomic E-state index is 12.4. The number of nitrogens with zero attached hydrogens (tertiary/aromatic N) is 1. The number of rotatable bonds is 8. The molecule has 134 valence electrons. The van der Waals surface area contributed by atoms with Gasteiger partial charge in [-0.25, -0.2) is 8.42 Å². The first-order valence-corrected chi connectivity index (χ1v) is 9.77. The van der Waals surface area contributed by atoms with Gasteiger partial charge in [-0.2, -0.15) is 0 Å². The summed E-state index contributed by atoms with van der Waals surface area (Å²) in [5, 5.41) is -0.430. The Morgan fingerprint density at radius 2 is 1.83 bits per heavy atom. The van der Waals surface area contributed by atoms with Crippen molar-refractivity contribution in [2.75, 3.05) is 39.2 Å². The second-order valence-electron chi connectivity index (χ2n) is 6.42. The van der Waals surface area contributed by atoms with E-state index in [9.17, 15) is 13.2 Å². The van der Waals surface area contributed by atoms with Gasteiger partial charge in [-0.15, -0.1) is 0 Å². The molecule has 1 saturated heterocycles. The quantitative estimate of drug-likeness (QED) is 0.663. The Balaban J connectivity index is 1.88. The van der Waals surface area contributed by atoms with E-state index in [0.29, 0.717) is 24.5 Å². The second kappa shape index (κ2) is 7.98. The summed E-state index contributed by atoms with van der Waals surface area (Å²) in [6.07, 6.45) is 0. The Morgan fingerprint density at radius 1 is 1.21 bits per heavy atom. The molecule has 0 bridgehead atoms. The molecule has 0 radical (unpaired) electrons. The minimum absolute atomic E-state index is 0.102. The molecule has 1 amide bonds. The highest BCUT2D eigenvalue weighted by Crippen LogP contribution is 2.22. The summed E-state index contributed by atoms with van der Waals surface area (Å²) in [5.41, 5.74) is 0.536. The van der Waals surface area contributed by atoms with Crippen LogP contribution in [0.2, 0.25) is 0 Å². The summed E-state index contributed by atoms with van der Waals surface area (Å²) in [4.78, 5) is 13.9. The van der Waals surface area contributed by atoms with Crippen molar-refractivity contribution in [1.29, 1.82) is 0 Å². The number of ether oxygens (including phenoxy) is 2. The van der Waals surface area contributed by atoms with Gasteiger partial charge in [0.2, 0.25) is 0 Å². The van der Waals surface area contributed by atoms with Crippen LogP contribution in [0.1, 0.15) is 24.2 Å². The van der Waals surface area contributed by atoms with E-state index >= 15 is 0 Å². The van der Waals surface area contributed by atoms with Gasteiger partial charge in [0.1, 0.15) is 12.4 Å². The van der Waals surface area contributed by atoms with Crippen molar-refractivity contribution >= 4 is 15.7 Å². The van der Waals surface area contributed by atoms with Crippen LogP contribution in [-0.2, 0) is 14.6 Å². The van der Waals surface area contributed by atoms with Gasteiger partial charge in [-0.3, -0.25) is 4.79 Å². The Kier molecular flexibility index (Phi) is 6.23. The van der Waals surface area contributed by atoms with Crippen LogP contribution >= 0.6 is 0 Å². The topological polar surface area (TPSA) is 72.9 Å². The first-order valence-electron chi connectivity index (χ1n) is 8.06. The number of carbonyl (C=O) groups is 1. The Bertz CT molecular complexity index is 648. The normalized spacial score (nSPS) is 15.4. The van der Waals surface area contributed by atoms with E-state index in [2.05, 4.69) is 0 Å². The molecule has 0 aliphatic carbocycles. The summed E-state index contributed by atoms with van der Waals surface area (Å²) in [5.74, 6) is 0.803. The van der Waals surface area contributed by atoms with Crippen LogP contribution in [0, 0.1) is 5.92 Å². The molecule has 24 heavy (non-hydrogen) atoms. The van der Waals surface area contributed by atoms with Gasteiger partial charge in [0.05, 0.1) is 17.6 Å². The third kappa shape index (κ3) is 4.70. The lowest BCUT2D eigenvalue weighted by Gasteiger charge is -2.39. The molecule has 2 rings (SSSR count). The van der Waals surface area contributed by atoms with Gasteiger partial charge >= 0.3 is 0 Å². The van der Waals surface area contributed by atoms with Crippen molar-refractivity contribution in [2.45, 2.75) is 19.1 Å². The van der Waals surface area contributed by atoms with Crippen molar-refractivity contribution in [3.05, 3.63) is 29.8 Å². The lowest BCUT2D eigenvalue weighted by atomic mass is 10.1. The van der Waals surface area contributed by atoms with E-state index in [1.807, 2.05) is 13.8 Å². The first kappa shape index (κ1) is 18.7. The van der Waals surface area contributed by atoms with Crippen LogP contribution in [0.15, 0.2) is 24.3 Å². The fourth-order valence-electron chi connectivity index (χ4n) is 2.55. The minimum Gasteiger partial charge on any atom is -0.491 e. The fraction of sp³-hybridized carbons (Fsp3) is 0.588. The SMILES string of the molecule is COCCOc1ccc(C(=O)N2CC(S(=O)(=O)CC(C)C)C2)cc1. The van der Waals surface area contributed by atoms with Crippen molar-refractivity contribution in [3.63, 3.8) is 0 Å².